The van der Waals surface area contributed by atoms with Crippen molar-refractivity contribution >= 4 is 11.7 Å². The molecule has 7 heteroatoms. The minimum Gasteiger partial charge on any atom is -0.454 e. The van der Waals surface area contributed by atoms with Crippen molar-refractivity contribution in [2.45, 2.75) is 6.92 Å². The minimum atomic E-state index is -0.198. The Balaban J connectivity index is 1.37. The number of rotatable bonds is 5. The van der Waals surface area contributed by atoms with Crippen molar-refractivity contribution in [2.24, 2.45) is 0 Å². The first kappa shape index (κ1) is 15.9. The highest BCUT2D eigenvalue weighted by Gasteiger charge is 2.16. The molecule has 126 valence electrons. The smallest absolute Gasteiger partial charge is 0.319 e. The number of hydrogen-bond donors (Lipinski definition) is 2. The predicted octanol–water partition coefficient (Wildman–Crippen LogP) is 1.17. The zero-order valence-corrected chi connectivity index (χ0v) is 13.5. The molecule has 0 unspecified atom stereocenters. The molecule has 2 N–H and O–H groups in total. The maximum absolute atomic E-state index is 11.9. The Kier molecular flexibility index (Phi) is 5.19. The van der Waals surface area contributed by atoms with Gasteiger partial charge in [0.2, 0.25) is 6.79 Å². The van der Waals surface area contributed by atoms with Crippen LogP contribution in [0, 0.1) is 0 Å². The number of ether oxygens (including phenoxy) is 2. The predicted molar refractivity (Wildman–Crippen MR) is 88.1 cm³/mol. The van der Waals surface area contributed by atoms with Crippen molar-refractivity contribution < 1.29 is 14.3 Å². The summed E-state index contributed by atoms with van der Waals surface area (Å²) in [6.07, 6.45) is 0. The van der Waals surface area contributed by atoms with Crippen LogP contribution in [0.25, 0.3) is 0 Å². The molecule has 1 aromatic carbocycles. The fourth-order valence-corrected chi connectivity index (χ4v) is 2.81. The molecule has 0 atom stereocenters. The van der Waals surface area contributed by atoms with Crippen LogP contribution in [0.15, 0.2) is 18.2 Å². The standard InChI is InChI=1S/C16H24N4O3/c1-2-19-7-9-20(10-8-19)6-5-17-16(21)18-13-3-4-14-15(11-13)23-12-22-14/h3-4,11H,2,5-10,12H2,1H3,(H2,17,18,21). The maximum atomic E-state index is 11.9. The summed E-state index contributed by atoms with van der Waals surface area (Å²) in [6.45, 7) is 9.42. The van der Waals surface area contributed by atoms with Gasteiger partial charge in [-0.3, -0.25) is 4.90 Å². The zero-order chi connectivity index (χ0) is 16.1. The van der Waals surface area contributed by atoms with Crippen LogP contribution in [-0.4, -0.2) is 68.4 Å². The monoisotopic (exact) mass is 320 g/mol. The highest BCUT2D eigenvalue weighted by Crippen LogP contribution is 2.34. The van der Waals surface area contributed by atoms with Gasteiger partial charge >= 0.3 is 6.03 Å². The summed E-state index contributed by atoms with van der Waals surface area (Å²) in [5, 5.41) is 5.71. The van der Waals surface area contributed by atoms with Crippen molar-refractivity contribution in [1.82, 2.24) is 15.1 Å². The van der Waals surface area contributed by atoms with Crippen molar-refractivity contribution in [1.29, 1.82) is 0 Å². The molecular weight excluding hydrogens is 296 g/mol. The molecule has 3 rings (SSSR count). The van der Waals surface area contributed by atoms with Gasteiger partial charge in [-0.1, -0.05) is 6.92 Å². The van der Waals surface area contributed by atoms with Gasteiger partial charge in [0.1, 0.15) is 0 Å². The number of benzene rings is 1. The Labute approximate surface area is 136 Å². The largest absolute Gasteiger partial charge is 0.454 e. The summed E-state index contributed by atoms with van der Waals surface area (Å²) in [5.74, 6) is 1.37. The van der Waals surface area contributed by atoms with Gasteiger partial charge in [0, 0.05) is 51.0 Å². The lowest BCUT2D eigenvalue weighted by atomic mass is 10.3. The summed E-state index contributed by atoms with van der Waals surface area (Å²) >= 11 is 0. The van der Waals surface area contributed by atoms with Gasteiger partial charge in [-0.2, -0.15) is 0 Å². The second-order valence-corrected chi connectivity index (χ2v) is 5.72. The van der Waals surface area contributed by atoms with Crippen molar-refractivity contribution in [3.05, 3.63) is 18.2 Å². The van der Waals surface area contributed by atoms with E-state index in [1.165, 1.54) is 0 Å². The molecule has 2 amide bonds. The number of likely N-dealkylation sites (N-methyl/N-ethyl adjacent to an activating group) is 1. The van der Waals surface area contributed by atoms with E-state index >= 15 is 0 Å². The van der Waals surface area contributed by atoms with E-state index in [1.54, 1.807) is 18.2 Å². The molecule has 0 radical (unpaired) electrons. The quantitative estimate of drug-likeness (QED) is 0.853. The van der Waals surface area contributed by atoms with Gasteiger partial charge in [-0.15, -0.1) is 0 Å². The Morgan fingerprint density at radius 3 is 2.65 bits per heavy atom. The number of piperazine rings is 1. The Morgan fingerprint density at radius 1 is 1.13 bits per heavy atom. The van der Waals surface area contributed by atoms with Gasteiger partial charge in [0.25, 0.3) is 0 Å². The van der Waals surface area contributed by atoms with Crippen molar-refractivity contribution in [3.63, 3.8) is 0 Å². The van der Waals surface area contributed by atoms with Gasteiger partial charge in [-0.05, 0) is 18.7 Å². The number of fused-ring (bicyclic) bond motifs is 1. The second-order valence-electron chi connectivity index (χ2n) is 5.72. The first-order valence-electron chi connectivity index (χ1n) is 8.14. The number of nitrogens with zero attached hydrogens (tertiary/aromatic N) is 2. The molecule has 1 fully saturated rings. The van der Waals surface area contributed by atoms with Crippen LogP contribution in [0.2, 0.25) is 0 Å². The fourth-order valence-electron chi connectivity index (χ4n) is 2.81. The summed E-state index contributed by atoms with van der Waals surface area (Å²) in [5.41, 5.74) is 0.698. The lowest BCUT2D eigenvalue weighted by Gasteiger charge is -2.33. The second kappa shape index (κ2) is 7.52. The van der Waals surface area contributed by atoms with Crippen LogP contribution in [0.3, 0.4) is 0 Å². The average molecular weight is 320 g/mol. The van der Waals surface area contributed by atoms with Crippen LogP contribution < -0.4 is 20.1 Å². The normalized spacial score (nSPS) is 18.0. The molecule has 0 aromatic heterocycles. The molecule has 2 aliphatic heterocycles. The molecule has 23 heavy (non-hydrogen) atoms. The van der Waals surface area contributed by atoms with Crippen LogP contribution in [0.1, 0.15) is 6.92 Å². The molecule has 2 heterocycles. The third-order valence-electron chi connectivity index (χ3n) is 4.26. The van der Waals surface area contributed by atoms with Crippen LogP contribution in [-0.2, 0) is 0 Å². The van der Waals surface area contributed by atoms with Crippen LogP contribution in [0.4, 0.5) is 10.5 Å². The van der Waals surface area contributed by atoms with E-state index in [0.29, 0.717) is 23.7 Å². The molecule has 1 aromatic rings. The first-order chi connectivity index (χ1) is 11.2. The van der Waals surface area contributed by atoms with E-state index in [1.807, 2.05) is 0 Å². The lowest BCUT2D eigenvalue weighted by molar-refractivity contribution is 0.138. The molecule has 0 aliphatic carbocycles. The van der Waals surface area contributed by atoms with Crippen molar-refractivity contribution in [3.8, 4) is 11.5 Å². The lowest BCUT2D eigenvalue weighted by Crippen LogP contribution is -2.48. The van der Waals surface area contributed by atoms with Crippen LogP contribution in [0.5, 0.6) is 11.5 Å². The molecule has 0 bridgehead atoms. The molecular formula is C16H24N4O3. The SMILES string of the molecule is CCN1CCN(CCNC(=O)Nc2ccc3c(c2)OCO3)CC1. The Morgan fingerprint density at radius 2 is 1.87 bits per heavy atom. The van der Waals surface area contributed by atoms with E-state index in [4.69, 9.17) is 9.47 Å². The van der Waals surface area contributed by atoms with E-state index in [-0.39, 0.29) is 12.8 Å². The van der Waals surface area contributed by atoms with Gasteiger partial charge in [-0.25, -0.2) is 4.79 Å². The highest BCUT2D eigenvalue weighted by molar-refractivity contribution is 5.89. The maximum Gasteiger partial charge on any atom is 0.319 e. The number of hydrogen-bond acceptors (Lipinski definition) is 5. The number of carbonyl (C=O) groups is 1. The van der Waals surface area contributed by atoms with E-state index in [0.717, 1.165) is 39.3 Å². The summed E-state index contributed by atoms with van der Waals surface area (Å²) in [4.78, 5) is 16.8. The Bertz CT molecular complexity index is 544. The first-order valence-corrected chi connectivity index (χ1v) is 8.14. The number of anilines is 1. The molecule has 0 spiro atoms. The van der Waals surface area contributed by atoms with Crippen LogP contribution >= 0.6 is 0 Å². The number of amides is 2. The molecule has 1 saturated heterocycles. The van der Waals surface area contributed by atoms with Crippen molar-refractivity contribution in [2.75, 3.05) is 57.9 Å². The number of nitrogens with one attached hydrogen (secondary N) is 2. The fraction of sp³-hybridized carbons (Fsp3) is 0.562. The van der Waals surface area contributed by atoms with Gasteiger partial charge in [0.05, 0.1) is 0 Å². The summed E-state index contributed by atoms with van der Waals surface area (Å²) in [7, 11) is 0. The minimum absolute atomic E-state index is 0.198. The third-order valence-corrected chi connectivity index (χ3v) is 4.26. The molecule has 7 nitrogen and oxygen atoms in total. The zero-order valence-electron chi connectivity index (χ0n) is 13.5. The molecule has 2 aliphatic rings. The number of urea groups is 1. The Hall–Kier alpha value is -1.99. The van der Waals surface area contributed by atoms with E-state index in [2.05, 4.69) is 27.4 Å². The molecule has 0 saturated carbocycles. The average Bonchev–Trinajstić information content (AvgIpc) is 3.03. The van der Waals surface area contributed by atoms with Gasteiger partial charge in [0.15, 0.2) is 11.5 Å². The van der Waals surface area contributed by atoms with E-state index < -0.39 is 0 Å². The summed E-state index contributed by atoms with van der Waals surface area (Å²) in [6, 6.07) is 5.17. The summed E-state index contributed by atoms with van der Waals surface area (Å²) < 4.78 is 10.5. The topological polar surface area (TPSA) is 66.1 Å². The van der Waals surface area contributed by atoms with Gasteiger partial charge < -0.3 is 25.0 Å². The third kappa shape index (κ3) is 4.27. The van der Waals surface area contributed by atoms with E-state index in [9.17, 15) is 4.79 Å². The number of carbonyl (C=O) groups excluding carboxylic acids is 1. The highest BCUT2D eigenvalue weighted by atomic mass is 16.7.